The summed E-state index contributed by atoms with van der Waals surface area (Å²) in [6.45, 7) is 9.81. The van der Waals surface area contributed by atoms with Crippen molar-refractivity contribution < 1.29 is 14.3 Å². The van der Waals surface area contributed by atoms with E-state index in [0.29, 0.717) is 18.7 Å². The van der Waals surface area contributed by atoms with Gasteiger partial charge in [0.05, 0.1) is 5.39 Å². The van der Waals surface area contributed by atoms with Crippen molar-refractivity contribution in [3.05, 3.63) is 33.9 Å². The predicted octanol–water partition coefficient (Wildman–Crippen LogP) is 2.18. The second-order valence-corrected chi connectivity index (χ2v) is 7.87. The minimum Gasteiger partial charge on any atom is -0.477 e. The van der Waals surface area contributed by atoms with Gasteiger partial charge in [-0.05, 0) is 39.8 Å². The van der Waals surface area contributed by atoms with Crippen LogP contribution in [-0.2, 0) is 5.54 Å². The van der Waals surface area contributed by atoms with Crippen molar-refractivity contribution in [3.63, 3.8) is 0 Å². The monoisotopic (exact) mass is 376 g/mol. The van der Waals surface area contributed by atoms with E-state index in [-0.39, 0.29) is 22.8 Å². The van der Waals surface area contributed by atoms with Gasteiger partial charge in [0.25, 0.3) is 0 Å². The van der Waals surface area contributed by atoms with E-state index in [1.54, 1.807) is 4.57 Å². The Hall–Kier alpha value is -2.48. The molecule has 0 saturated carbocycles. The van der Waals surface area contributed by atoms with Crippen molar-refractivity contribution in [2.45, 2.75) is 45.7 Å². The number of anilines is 1. The average Bonchev–Trinajstić information content (AvgIpc) is 3.02. The first-order chi connectivity index (χ1) is 12.6. The van der Waals surface area contributed by atoms with Crippen molar-refractivity contribution >= 4 is 22.8 Å². The van der Waals surface area contributed by atoms with Gasteiger partial charge in [0, 0.05) is 30.9 Å². The zero-order chi connectivity index (χ0) is 19.9. The number of halogens is 1. The van der Waals surface area contributed by atoms with E-state index in [0.717, 1.165) is 19.0 Å². The largest absolute Gasteiger partial charge is 0.477 e. The van der Waals surface area contributed by atoms with Crippen LogP contribution in [0.5, 0.6) is 0 Å². The molecule has 0 spiro atoms. The second-order valence-electron chi connectivity index (χ2n) is 7.87. The molecule has 1 fully saturated rings. The minimum absolute atomic E-state index is 0.0199. The molecule has 8 heteroatoms. The molecule has 0 radical (unpaired) electrons. The first-order valence-electron chi connectivity index (χ1n) is 9.11. The quantitative estimate of drug-likeness (QED) is 0.850. The Labute approximate surface area is 156 Å². The lowest BCUT2D eigenvalue weighted by Gasteiger charge is -2.26. The van der Waals surface area contributed by atoms with E-state index >= 15 is 0 Å². The van der Waals surface area contributed by atoms with Gasteiger partial charge in [0.1, 0.15) is 11.2 Å². The smallest absolute Gasteiger partial charge is 0.341 e. The van der Waals surface area contributed by atoms with Gasteiger partial charge < -0.3 is 19.9 Å². The maximum atomic E-state index is 14.8. The van der Waals surface area contributed by atoms with Gasteiger partial charge >= 0.3 is 5.97 Å². The molecule has 3 heterocycles. The topological polar surface area (TPSA) is 87.5 Å². The van der Waals surface area contributed by atoms with Crippen LogP contribution in [0.3, 0.4) is 0 Å². The highest BCUT2D eigenvalue weighted by Crippen LogP contribution is 2.27. The van der Waals surface area contributed by atoms with Crippen LogP contribution < -0.4 is 15.6 Å². The number of rotatable bonds is 4. The molecule has 0 aliphatic carbocycles. The van der Waals surface area contributed by atoms with Gasteiger partial charge in [-0.15, -0.1) is 0 Å². The fourth-order valence-electron chi connectivity index (χ4n) is 3.51. The van der Waals surface area contributed by atoms with E-state index in [1.807, 2.05) is 32.6 Å². The van der Waals surface area contributed by atoms with Crippen molar-refractivity contribution in [1.82, 2.24) is 14.9 Å². The molecule has 2 N–H and O–H groups in total. The number of nitrogens with zero attached hydrogens (tertiary/aromatic N) is 3. The lowest BCUT2D eigenvalue weighted by molar-refractivity contribution is 0.0694. The number of carbonyl (C=O) groups is 1. The number of pyridine rings is 2. The standard InChI is InChI=1S/C19H25FN4O3/c1-5-21-11-6-7-23(9-11)17-14(20)8-12-15(25)13(18(26)27)10-24(16(12)22-17)19(2,3)4/h8,10-11,21H,5-7,9H2,1-4H3,(H,26,27). The van der Waals surface area contributed by atoms with Gasteiger partial charge in [0.15, 0.2) is 11.6 Å². The Balaban J connectivity index is 2.20. The molecule has 1 unspecified atom stereocenters. The number of hydrogen-bond donors (Lipinski definition) is 2. The molecule has 146 valence electrons. The number of carboxylic acid groups (broad SMARTS) is 1. The summed E-state index contributed by atoms with van der Waals surface area (Å²) in [6.07, 6.45) is 2.18. The molecule has 7 nitrogen and oxygen atoms in total. The van der Waals surface area contributed by atoms with Crippen molar-refractivity contribution in [2.24, 2.45) is 0 Å². The number of nitrogens with one attached hydrogen (secondary N) is 1. The van der Waals surface area contributed by atoms with Crippen molar-refractivity contribution in [3.8, 4) is 0 Å². The lowest BCUT2D eigenvalue weighted by atomic mass is 10.1. The summed E-state index contributed by atoms with van der Waals surface area (Å²) in [6, 6.07) is 1.39. The van der Waals surface area contributed by atoms with E-state index in [2.05, 4.69) is 10.3 Å². The van der Waals surface area contributed by atoms with Crippen LogP contribution in [0.2, 0.25) is 0 Å². The maximum absolute atomic E-state index is 14.8. The molecule has 1 aliphatic heterocycles. The fourth-order valence-corrected chi connectivity index (χ4v) is 3.51. The molecule has 0 aromatic carbocycles. The highest BCUT2D eigenvalue weighted by atomic mass is 19.1. The van der Waals surface area contributed by atoms with Gasteiger partial charge in [0.2, 0.25) is 5.43 Å². The zero-order valence-corrected chi connectivity index (χ0v) is 16.0. The predicted molar refractivity (Wildman–Crippen MR) is 102 cm³/mol. The number of fused-ring (bicyclic) bond motifs is 1. The van der Waals surface area contributed by atoms with Gasteiger partial charge in [-0.2, -0.15) is 0 Å². The molecule has 1 aliphatic rings. The Kier molecular flexibility index (Phi) is 4.94. The Bertz CT molecular complexity index is 949. The number of hydrogen-bond acceptors (Lipinski definition) is 5. The third kappa shape index (κ3) is 3.53. The molecule has 27 heavy (non-hydrogen) atoms. The van der Waals surface area contributed by atoms with Gasteiger partial charge in [-0.25, -0.2) is 14.2 Å². The summed E-state index contributed by atoms with van der Waals surface area (Å²) in [7, 11) is 0. The Morgan fingerprint density at radius 2 is 2.15 bits per heavy atom. The van der Waals surface area contributed by atoms with Crippen LogP contribution in [0.25, 0.3) is 11.0 Å². The van der Waals surface area contributed by atoms with Crippen LogP contribution in [0.15, 0.2) is 17.1 Å². The van der Waals surface area contributed by atoms with Crippen LogP contribution in [0.1, 0.15) is 44.5 Å². The summed E-state index contributed by atoms with van der Waals surface area (Å²) < 4.78 is 16.4. The number of carboxylic acids is 1. The zero-order valence-electron chi connectivity index (χ0n) is 16.0. The van der Waals surface area contributed by atoms with Crippen LogP contribution in [0.4, 0.5) is 10.2 Å². The average molecular weight is 376 g/mol. The number of aromatic carboxylic acids is 1. The normalized spacial score (nSPS) is 17.7. The molecule has 2 aromatic heterocycles. The first kappa shape index (κ1) is 19.3. The summed E-state index contributed by atoms with van der Waals surface area (Å²) in [5.41, 5.74) is -1.35. The summed E-state index contributed by atoms with van der Waals surface area (Å²) in [5, 5.41) is 12.7. The van der Waals surface area contributed by atoms with Crippen LogP contribution in [0, 0.1) is 5.82 Å². The van der Waals surface area contributed by atoms with Crippen molar-refractivity contribution in [2.75, 3.05) is 24.5 Å². The molecule has 2 aromatic rings. The Morgan fingerprint density at radius 1 is 1.44 bits per heavy atom. The van der Waals surface area contributed by atoms with E-state index < -0.39 is 22.8 Å². The highest BCUT2D eigenvalue weighted by Gasteiger charge is 2.28. The summed E-state index contributed by atoms with van der Waals surface area (Å²) in [5.74, 6) is -1.75. The third-order valence-electron chi connectivity index (χ3n) is 4.85. The Morgan fingerprint density at radius 3 is 2.74 bits per heavy atom. The summed E-state index contributed by atoms with van der Waals surface area (Å²) in [4.78, 5) is 30.3. The van der Waals surface area contributed by atoms with Gasteiger partial charge in [-0.3, -0.25) is 4.79 Å². The maximum Gasteiger partial charge on any atom is 0.341 e. The third-order valence-corrected chi connectivity index (χ3v) is 4.85. The molecule has 0 amide bonds. The second kappa shape index (κ2) is 6.92. The molecular weight excluding hydrogens is 351 g/mol. The molecular formula is C19H25FN4O3. The molecule has 1 saturated heterocycles. The van der Waals surface area contributed by atoms with Crippen LogP contribution >= 0.6 is 0 Å². The molecule has 0 bridgehead atoms. The highest BCUT2D eigenvalue weighted by molar-refractivity contribution is 5.92. The van der Waals surface area contributed by atoms with Crippen molar-refractivity contribution in [1.29, 1.82) is 0 Å². The minimum atomic E-state index is -1.34. The van der Waals surface area contributed by atoms with Gasteiger partial charge in [-0.1, -0.05) is 6.92 Å². The summed E-state index contributed by atoms with van der Waals surface area (Å²) >= 11 is 0. The van der Waals surface area contributed by atoms with E-state index in [1.165, 1.54) is 6.20 Å². The molecule has 1 atom stereocenters. The van der Waals surface area contributed by atoms with Crippen LogP contribution in [-0.4, -0.2) is 46.3 Å². The lowest BCUT2D eigenvalue weighted by Crippen LogP contribution is -2.33. The number of likely N-dealkylation sites (N-methyl/N-ethyl adjacent to an activating group) is 1. The fraction of sp³-hybridized carbons (Fsp3) is 0.526. The number of aromatic nitrogens is 2. The van der Waals surface area contributed by atoms with E-state index in [9.17, 15) is 19.1 Å². The molecule has 3 rings (SSSR count). The first-order valence-corrected chi connectivity index (χ1v) is 9.11. The van der Waals surface area contributed by atoms with E-state index in [4.69, 9.17) is 0 Å². The SMILES string of the molecule is CCNC1CCN(c2nc3c(cc2F)c(=O)c(C(=O)O)cn3C(C)(C)C)C1.